The van der Waals surface area contributed by atoms with E-state index in [4.69, 9.17) is 11.6 Å². The van der Waals surface area contributed by atoms with Crippen molar-refractivity contribution in [2.45, 2.75) is 26.8 Å². The zero-order chi connectivity index (χ0) is 11.1. The van der Waals surface area contributed by atoms with Gasteiger partial charge in [0.2, 0.25) is 0 Å². The Hall–Kier alpha value is -0.600. The highest BCUT2D eigenvalue weighted by molar-refractivity contribution is 6.17. The molecule has 3 heteroatoms. The molecule has 0 saturated carbocycles. The lowest BCUT2D eigenvalue weighted by Crippen LogP contribution is -2.25. The number of halogens is 1. The van der Waals surface area contributed by atoms with Crippen LogP contribution in [0.3, 0.4) is 0 Å². The van der Waals surface area contributed by atoms with E-state index < -0.39 is 0 Å². The number of nitrogens with zero attached hydrogens (tertiary/aromatic N) is 2. The highest BCUT2D eigenvalue weighted by Crippen LogP contribution is 2.07. The lowest BCUT2D eigenvalue weighted by molar-refractivity contribution is 0.277. The Kier molecular flexibility index (Phi) is 5.66. The van der Waals surface area contributed by atoms with Crippen molar-refractivity contribution in [3.63, 3.8) is 0 Å². The predicted octanol–water partition coefficient (Wildman–Crippen LogP) is 2.84. The van der Waals surface area contributed by atoms with Gasteiger partial charge in [0.1, 0.15) is 0 Å². The molecule has 2 nitrogen and oxygen atoms in total. The van der Waals surface area contributed by atoms with Crippen LogP contribution in [0, 0.1) is 6.92 Å². The summed E-state index contributed by atoms with van der Waals surface area (Å²) >= 11 is 5.69. The third kappa shape index (κ3) is 4.18. The Morgan fingerprint density at radius 2 is 2.27 bits per heavy atom. The summed E-state index contributed by atoms with van der Waals surface area (Å²) in [6, 6.07) is 4.09. The largest absolute Gasteiger partial charge is 0.298 e. The first-order valence-electron chi connectivity index (χ1n) is 5.46. The summed E-state index contributed by atoms with van der Waals surface area (Å²) in [4.78, 5) is 6.77. The first-order chi connectivity index (χ1) is 7.27. The minimum Gasteiger partial charge on any atom is -0.298 e. The molecule has 0 aromatic carbocycles. The smallest absolute Gasteiger partial charge is 0.0573 e. The summed E-state index contributed by atoms with van der Waals surface area (Å²) in [7, 11) is 0. The van der Waals surface area contributed by atoms with Crippen molar-refractivity contribution in [2.24, 2.45) is 0 Å². The number of aromatic nitrogens is 1. The SMILES string of the molecule is CCN(CCCCl)Cc1ncccc1C. The number of alkyl halides is 1. The van der Waals surface area contributed by atoms with Gasteiger partial charge in [-0.15, -0.1) is 11.6 Å². The number of hydrogen-bond donors (Lipinski definition) is 0. The van der Waals surface area contributed by atoms with Crippen molar-refractivity contribution in [1.29, 1.82) is 0 Å². The molecule has 84 valence electrons. The molecule has 1 heterocycles. The third-order valence-corrected chi connectivity index (χ3v) is 2.81. The second-order valence-electron chi connectivity index (χ2n) is 3.68. The summed E-state index contributed by atoms with van der Waals surface area (Å²) in [6.07, 6.45) is 2.90. The monoisotopic (exact) mass is 226 g/mol. The van der Waals surface area contributed by atoms with Crippen LogP contribution >= 0.6 is 11.6 Å². The first-order valence-corrected chi connectivity index (χ1v) is 6.00. The molecule has 0 aliphatic rings. The third-order valence-electron chi connectivity index (χ3n) is 2.55. The van der Waals surface area contributed by atoms with Crippen LogP contribution in [0.2, 0.25) is 0 Å². The lowest BCUT2D eigenvalue weighted by atomic mass is 10.2. The van der Waals surface area contributed by atoms with E-state index in [1.807, 2.05) is 12.3 Å². The van der Waals surface area contributed by atoms with E-state index in [0.717, 1.165) is 31.9 Å². The van der Waals surface area contributed by atoms with Gasteiger partial charge in [-0.25, -0.2) is 0 Å². The average molecular weight is 227 g/mol. The quantitative estimate of drug-likeness (QED) is 0.694. The van der Waals surface area contributed by atoms with Crippen LogP contribution in [0.5, 0.6) is 0 Å². The molecule has 0 aliphatic heterocycles. The second-order valence-corrected chi connectivity index (χ2v) is 4.06. The minimum atomic E-state index is 0.734. The van der Waals surface area contributed by atoms with Crippen LogP contribution in [0.25, 0.3) is 0 Å². The second kappa shape index (κ2) is 6.81. The molecule has 1 aromatic heterocycles. The molecule has 0 N–H and O–H groups in total. The number of pyridine rings is 1. The molecule has 1 aromatic rings. The Morgan fingerprint density at radius 1 is 1.47 bits per heavy atom. The normalized spacial score (nSPS) is 10.9. The molecule has 0 bridgehead atoms. The van der Waals surface area contributed by atoms with Gasteiger partial charge < -0.3 is 0 Å². The van der Waals surface area contributed by atoms with Crippen LogP contribution in [0.1, 0.15) is 24.6 Å². The zero-order valence-corrected chi connectivity index (χ0v) is 10.3. The fourth-order valence-electron chi connectivity index (χ4n) is 1.53. The van der Waals surface area contributed by atoms with Crippen molar-refractivity contribution < 1.29 is 0 Å². The highest BCUT2D eigenvalue weighted by atomic mass is 35.5. The standard InChI is InChI=1S/C12H19ClN2/c1-3-15(9-5-7-13)10-12-11(2)6-4-8-14-12/h4,6,8H,3,5,7,9-10H2,1-2H3. The molecular formula is C12H19ClN2. The molecule has 0 saturated heterocycles. The molecule has 1 rings (SSSR count). The van der Waals surface area contributed by atoms with Crippen molar-refractivity contribution in [3.05, 3.63) is 29.6 Å². The molecule has 15 heavy (non-hydrogen) atoms. The van der Waals surface area contributed by atoms with Gasteiger partial charge in [-0.1, -0.05) is 13.0 Å². The van der Waals surface area contributed by atoms with Crippen molar-refractivity contribution in [1.82, 2.24) is 9.88 Å². The van der Waals surface area contributed by atoms with Gasteiger partial charge in [-0.3, -0.25) is 9.88 Å². The van der Waals surface area contributed by atoms with E-state index in [1.54, 1.807) is 0 Å². The Bertz CT molecular complexity index is 289. The van der Waals surface area contributed by atoms with Gasteiger partial charge in [0.25, 0.3) is 0 Å². The molecule has 0 aliphatic carbocycles. The lowest BCUT2D eigenvalue weighted by Gasteiger charge is -2.20. The Balaban J connectivity index is 2.54. The molecule has 0 amide bonds. The van der Waals surface area contributed by atoms with Gasteiger partial charge in [-0.2, -0.15) is 0 Å². The topological polar surface area (TPSA) is 16.1 Å². The molecule has 0 unspecified atom stereocenters. The fraction of sp³-hybridized carbons (Fsp3) is 0.583. The number of hydrogen-bond acceptors (Lipinski definition) is 2. The molecular weight excluding hydrogens is 208 g/mol. The summed E-state index contributed by atoms with van der Waals surface area (Å²) in [5, 5.41) is 0. The first kappa shape index (κ1) is 12.5. The van der Waals surface area contributed by atoms with Crippen LogP contribution in [0.4, 0.5) is 0 Å². The van der Waals surface area contributed by atoms with Crippen molar-refractivity contribution >= 4 is 11.6 Å². The summed E-state index contributed by atoms with van der Waals surface area (Å²) in [5.41, 5.74) is 2.44. The Labute approximate surface area is 97.3 Å². The highest BCUT2D eigenvalue weighted by Gasteiger charge is 2.05. The minimum absolute atomic E-state index is 0.734. The maximum Gasteiger partial charge on any atom is 0.0573 e. The summed E-state index contributed by atoms with van der Waals surface area (Å²) < 4.78 is 0. The maximum atomic E-state index is 5.69. The Morgan fingerprint density at radius 3 is 2.87 bits per heavy atom. The van der Waals surface area contributed by atoms with E-state index in [0.29, 0.717) is 0 Å². The van der Waals surface area contributed by atoms with E-state index in [1.165, 1.54) is 11.3 Å². The van der Waals surface area contributed by atoms with Crippen LogP contribution in [-0.2, 0) is 6.54 Å². The van der Waals surface area contributed by atoms with Gasteiger partial charge in [0.15, 0.2) is 0 Å². The fourth-order valence-corrected chi connectivity index (χ4v) is 1.65. The van der Waals surface area contributed by atoms with E-state index in [-0.39, 0.29) is 0 Å². The molecule has 0 fully saturated rings. The van der Waals surface area contributed by atoms with Crippen LogP contribution in [0.15, 0.2) is 18.3 Å². The van der Waals surface area contributed by atoms with Crippen molar-refractivity contribution in [2.75, 3.05) is 19.0 Å². The van der Waals surface area contributed by atoms with Crippen molar-refractivity contribution in [3.8, 4) is 0 Å². The molecule has 0 radical (unpaired) electrons. The van der Waals surface area contributed by atoms with E-state index >= 15 is 0 Å². The summed E-state index contributed by atoms with van der Waals surface area (Å²) in [6.45, 7) is 7.31. The zero-order valence-electron chi connectivity index (χ0n) is 9.54. The molecule has 0 atom stereocenters. The van der Waals surface area contributed by atoms with Gasteiger partial charge in [-0.05, 0) is 38.1 Å². The van der Waals surface area contributed by atoms with Gasteiger partial charge in [0, 0.05) is 18.6 Å². The van der Waals surface area contributed by atoms with Crippen LogP contribution in [-0.4, -0.2) is 28.9 Å². The molecule has 0 spiro atoms. The maximum absolute atomic E-state index is 5.69. The van der Waals surface area contributed by atoms with E-state index in [9.17, 15) is 0 Å². The van der Waals surface area contributed by atoms with E-state index in [2.05, 4.69) is 29.8 Å². The number of rotatable bonds is 6. The van der Waals surface area contributed by atoms with Gasteiger partial charge >= 0.3 is 0 Å². The van der Waals surface area contributed by atoms with Crippen LogP contribution < -0.4 is 0 Å². The summed E-state index contributed by atoms with van der Waals surface area (Å²) in [5.74, 6) is 0.734. The average Bonchev–Trinajstić information content (AvgIpc) is 2.26. The van der Waals surface area contributed by atoms with Gasteiger partial charge in [0.05, 0.1) is 5.69 Å². The predicted molar refractivity (Wildman–Crippen MR) is 65.3 cm³/mol. The number of aryl methyl sites for hydroxylation is 1.